The van der Waals surface area contributed by atoms with Crippen LogP contribution in [0.25, 0.3) is 10.2 Å². The van der Waals surface area contributed by atoms with Crippen LogP contribution in [0.5, 0.6) is 0 Å². The topological polar surface area (TPSA) is 90.3 Å². The number of fused-ring (bicyclic) bond motifs is 1. The van der Waals surface area contributed by atoms with E-state index in [1.165, 1.54) is 19.1 Å². The molecule has 0 saturated carbocycles. The van der Waals surface area contributed by atoms with Gasteiger partial charge in [0.2, 0.25) is 5.91 Å². The molecule has 31 heavy (non-hydrogen) atoms. The van der Waals surface area contributed by atoms with Crippen molar-refractivity contribution >= 4 is 39.1 Å². The number of benzene rings is 1. The molecule has 3 rings (SSSR count). The molecule has 11 heteroatoms. The molecule has 1 amide bonds. The number of hydrogen-bond donors (Lipinski definition) is 1. The van der Waals surface area contributed by atoms with Crippen LogP contribution >= 0.6 is 11.3 Å². The van der Waals surface area contributed by atoms with Crippen LogP contribution in [0.2, 0.25) is 0 Å². The number of rotatable bonds is 5. The summed E-state index contributed by atoms with van der Waals surface area (Å²) < 4.78 is 45.5. The zero-order valence-electron chi connectivity index (χ0n) is 16.8. The van der Waals surface area contributed by atoms with Gasteiger partial charge in [0.15, 0.2) is 0 Å². The van der Waals surface area contributed by atoms with E-state index in [0.29, 0.717) is 10.4 Å². The molecule has 0 radical (unpaired) electrons. The van der Waals surface area contributed by atoms with Gasteiger partial charge < -0.3 is 10.1 Å². The zero-order valence-corrected chi connectivity index (χ0v) is 17.6. The highest BCUT2D eigenvalue weighted by Crippen LogP contribution is 2.34. The number of alkyl halides is 3. The van der Waals surface area contributed by atoms with Crippen molar-refractivity contribution in [3.8, 4) is 0 Å². The van der Waals surface area contributed by atoms with E-state index in [1.807, 2.05) is 0 Å². The van der Waals surface area contributed by atoms with Gasteiger partial charge in [0.1, 0.15) is 22.1 Å². The predicted octanol–water partition coefficient (Wildman–Crippen LogP) is 3.91. The lowest BCUT2D eigenvalue weighted by Gasteiger charge is -2.14. The summed E-state index contributed by atoms with van der Waals surface area (Å²) in [5, 5.41) is 2.37. The van der Waals surface area contributed by atoms with E-state index in [1.54, 1.807) is 13.8 Å². The van der Waals surface area contributed by atoms with E-state index in [0.717, 1.165) is 28.0 Å². The molecule has 164 valence electrons. The van der Waals surface area contributed by atoms with Crippen molar-refractivity contribution in [1.82, 2.24) is 9.55 Å². The minimum atomic E-state index is -4.64. The standard InChI is InChI=1S/C20H18F3N3O4S/c1-4-30-19(29)16-10(2)15-17(31-16)24-11(3)26(18(15)28)9-14(27)25-13-8-6-5-7-12(13)20(21,22)23/h5-8H,4,9H2,1-3H3,(H,25,27). The van der Waals surface area contributed by atoms with Crippen molar-refractivity contribution in [1.29, 1.82) is 0 Å². The number of carbonyl (C=O) groups excluding carboxylic acids is 2. The highest BCUT2D eigenvalue weighted by molar-refractivity contribution is 7.20. The summed E-state index contributed by atoms with van der Waals surface area (Å²) in [6.07, 6.45) is -4.64. The Hall–Kier alpha value is -3.21. The van der Waals surface area contributed by atoms with E-state index in [9.17, 15) is 27.6 Å². The number of anilines is 1. The fourth-order valence-corrected chi connectivity index (χ4v) is 4.18. The van der Waals surface area contributed by atoms with Crippen LogP contribution < -0.4 is 10.9 Å². The molecular weight excluding hydrogens is 435 g/mol. The molecule has 7 nitrogen and oxygen atoms in total. The largest absolute Gasteiger partial charge is 0.462 e. The van der Waals surface area contributed by atoms with Gasteiger partial charge in [-0.05, 0) is 38.5 Å². The molecule has 3 aromatic rings. The lowest BCUT2D eigenvalue weighted by atomic mass is 10.1. The van der Waals surface area contributed by atoms with Gasteiger partial charge in [0, 0.05) is 0 Å². The molecule has 0 bridgehead atoms. The number of aryl methyl sites for hydroxylation is 2. The highest BCUT2D eigenvalue weighted by Gasteiger charge is 2.33. The maximum absolute atomic E-state index is 13.1. The van der Waals surface area contributed by atoms with E-state index in [4.69, 9.17) is 4.74 Å². The van der Waals surface area contributed by atoms with E-state index >= 15 is 0 Å². The number of halogens is 3. The van der Waals surface area contributed by atoms with E-state index in [2.05, 4.69) is 10.3 Å². The highest BCUT2D eigenvalue weighted by atomic mass is 32.1. The quantitative estimate of drug-likeness (QED) is 0.592. The molecular formula is C20H18F3N3O4S. The molecule has 0 fully saturated rings. The minimum absolute atomic E-state index is 0.169. The SMILES string of the molecule is CCOC(=O)c1sc2nc(C)n(CC(=O)Nc3ccccc3C(F)(F)F)c(=O)c2c1C. The second-order valence-electron chi connectivity index (χ2n) is 6.60. The second kappa shape index (κ2) is 8.50. The van der Waals surface area contributed by atoms with Gasteiger partial charge in [-0.25, -0.2) is 9.78 Å². The van der Waals surface area contributed by atoms with Crippen LogP contribution in [0, 0.1) is 13.8 Å². The Morgan fingerprint density at radius 2 is 1.90 bits per heavy atom. The summed E-state index contributed by atoms with van der Waals surface area (Å²) in [6.45, 7) is 4.36. The molecule has 2 heterocycles. The Labute approximate surface area is 178 Å². The van der Waals surface area contributed by atoms with Crippen LogP contribution in [0.1, 0.15) is 33.5 Å². The van der Waals surface area contributed by atoms with Gasteiger partial charge >= 0.3 is 12.1 Å². The summed E-state index contributed by atoms with van der Waals surface area (Å²) >= 11 is 1.01. The first-order valence-electron chi connectivity index (χ1n) is 9.18. The van der Waals surface area contributed by atoms with Gasteiger partial charge in [-0.1, -0.05) is 12.1 Å². The Morgan fingerprint density at radius 1 is 1.23 bits per heavy atom. The van der Waals surface area contributed by atoms with Crippen LogP contribution in [-0.2, 0) is 22.3 Å². The molecule has 0 atom stereocenters. The summed E-state index contributed by atoms with van der Waals surface area (Å²) in [5.74, 6) is -1.21. The normalized spacial score (nSPS) is 11.5. The average Bonchev–Trinajstić information content (AvgIpc) is 3.01. The molecule has 0 aliphatic heterocycles. The Morgan fingerprint density at radius 3 is 2.55 bits per heavy atom. The molecule has 0 saturated heterocycles. The maximum Gasteiger partial charge on any atom is 0.418 e. The average molecular weight is 453 g/mol. The summed E-state index contributed by atoms with van der Waals surface area (Å²) in [5.41, 5.74) is -1.58. The number of esters is 1. The maximum atomic E-state index is 13.1. The summed E-state index contributed by atoms with van der Waals surface area (Å²) in [4.78, 5) is 42.4. The minimum Gasteiger partial charge on any atom is -0.462 e. The third kappa shape index (κ3) is 4.46. The van der Waals surface area contributed by atoms with Crippen molar-refractivity contribution in [2.75, 3.05) is 11.9 Å². The smallest absolute Gasteiger partial charge is 0.418 e. The van der Waals surface area contributed by atoms with Crippen LogP contribution in [0.15, 0.2) is 29.1 Å². The van der Waals surface area contributed by atoms with Crippen LogP contribution in [0.3, 0.4) is 0 Å². The van der Waals surface area contributed by atoms with Crippen molar-refractivity contribution in [2.24, 2.45) is 0 Å². The van der Waals surface area contributed by atoms with E-state index < -0.39 is 41.4 Å². The third-order valence-electron chi connectivity index (χ3n) is 4.51. The summed E-state index contributed by atoms with van der Waals surface area (Å²) in [6, 6.07) is 4.56. The lowest BCUT2D eigenvalue weighted by molar-refractivity contribution is -0.137. The molecule has 0 unspecified atom stereocenters. The second-order valence-corrected chi connectivity index (χ2v) is 7.60. The molecule has 1 N–H and O–H groups in total. The van der Waals surface area contributed by atoms with Crippen molar-refractivity contribution in [2.45, 2.75) is 33.5 Å². The van der Waals surface area contributed by atoms with Crippen molar-refractivity contribution in [3.05, 3.63) is 56.4 Å². The van der Waals surface area contributed by atoms with Gasteiger partial charge in [0.05, 0.1) is 23.2 Å². The Bertz CT molecular complexity index is 1230. The fraction of sp³-hybridized carbons (Fsp3) is 0.300. The number of aromatic nitrogens is 2. The molecule has 0 aliphatic carbocycles. The number of nitrogens with one attached hydrogen (secondary N) is 1. The van der Waals surface area contributed by atoms with Crippen LogP contribution in [0.4, 0.5) is 18.9 Å². The first kappa shape index (κ1) is 22.5. The van der Waals surface area contributed by atoms with Gasteiger partial charge in [-0.3, -0.25) is 14.2 Å². The summed E-state index contributed by atoms with van der Waals surface area (Å²) in [7, 11) is 0. The Kier molecular flexibility index (Phi) is 6.16. The molecule has 1 aromatic carbocycles. The third-order valence-corrected chi connectivity index (χ3v) is 5.68. The molecule has 2 aromatic heterocycles. The number of nitrogens with zero attached hydrogens (tertiary/aromatic N) is 2. The van der Waals surface area contributed by atoms with E-state index in [-0.39, 0.29) is 22.7 Å². The van der Waals surface area contributed by atoms with Gasteiger partial charge in [-0.2, -0.15) is 13.2 Å². The number of amides is 1. The number of thiophene rings is 1. The van der Waals surface area contributed by atoms with Gasteiger partial charge in [0.25, 0.3) is 5.56 Å². The molecule has 0 spiro atoms. The lowest BCUT2D eigenvalue weighted by Crippen LogP contribution is -2.30. The Balaban J connectivity index is 1.96. The predicted molar refractivity (Wildman–Crippen MR) is 109 cm³/mol. The monoisotopic (exact) mass is 453 g/mol. The first-order chi connectivity index (χ1) is 14.5. The zero-order chi connectivity index (χ0) is 22.9. The number of carbonyl (C=O) groups is 2. The van der Waals surface area contributed by atoms with Crippen LogP contribution in [-0.4, -0.2) is 28.0 Å². The van der Waals surface area contributed by atoms with Gasteiger partial charge in [-0.15, -0.1) is 11.3 Å². The van der Waals surface area contributed by atoms with Crippen molar-refractivity contribution in [3.63, 3.8) is 0 Å². The number of para-hydroxylation sites is 1. The number of hydrogen-bond acceptors (Lipinski definition) is 6. The first-order valence-corrected chi connectivity index (χ1v) is 10.00. The fourth-order valence-electron chi connectivity index (χ4n) is 3.07. The van der Waals surface area contributed by atoms with Crippen molar-refractivity contribution < 1.29 is 27.5 Å². The molecule has 0 aliphatic rings. The number of ether oxygens (including phenoxy) is 1.